The van der Waals surface area contributed by atoms with Gasteiger partial charge < -0.3 is 9.84 Å². The van der Waals surface area contributed by atoms with Gasteiger partial charge in [0.1, 0.15) is 5.75 Å². The number of para-hydroxylation sites is 1. The van der Waals surface area contributed by atoms with Crippen LogP contribution in [0.25, 0.3) is 0 Å². The van der Waals surface area contributed by atoms with E-state index in [1.165, 1.54) is 12.1 Å². The van der Waals surface area contributed by atoms with Gasteiger partial charge in [-0.25, -0.2) is 0 Å². The van der Waals surface area contributed by atoms with Crippen molar-refractivity contribution in [2.45, 2.75) is 64.1 Å². The Morgan fingerprint density at radius 2 is 2.00 bits per heavy atom. The Labute approximate surface area is 146 Å². The lowest BCUT2D eigenvalue weighted by molar-refractivity contribution is -0.275. The second-order valence-corrected chi connectivity index (χ2v) is 6.86. The molecule has 25 heavy (non-hydrogen) atoms. The maximum absolute atomic E-state index is 12.7. The molecule has 1 aliphatic rings. The summed E-state index contributed by atoms with van der Waals surface area (Å²) in [6, 6.07) is 5.91. The molecule has 1 aromatic carbocycles. The fourth-order valence-electron chi connectivity index (χ4n) is 3.51. The zero-order chi connectivity index (χ0) is 18.4. The SMILES string of the molecule is CCCCC(CC(CC(=O)O)c1ccccc1OC(F)(F)F)C1CC1. The third-order valence-electron chi connectivity index (χ3n) is 4.81. The maximum atomic E-state index is 12.7. The lowest BCUT2D eigenvalue weighted by atomic mass is 9.82. The molecular weight excluding hydrogens is 333 g/mol. The van der Waals surface area contributed by atoms with Crippen LogP contribution in [-0.2, 0) is 4.79 Å². The highest BCUT2D eigenvalue weighted by molar-refractivity contribution is 5.68. The van der Waals surface area contributed by atoms with Gasteiger partial charge in [-0.2, -0.15) is 0 Å². The minimum atomic E-state index is -4.79. The fourth-order valence-corrected chi connectivity index (χ4v) is 3.51. The number of unbranched alkanes of at least 4 members (excludes halogenated alkanes) is 1. The van der Waals surface area contributed by atoms with Crippen molar-refractivity contribution in [2.24, 2.45) is 11.8 Å². The van der Waals surface area contributed by atoms with Gasteiger partial charge in [-0.05, 0) is 48.6 Å². The summed E-state index contributed by atoms with van der Waals surface area (Å²) in [6.07, 6.45) is 0.996. The van der Waals surface area contributed by atoms with Gasteiger partial charge >= 0.3 is 12.3 Å². The molecule has 0 aliphatic heterocycles. The molecule has 0 heterocycles. The third kappa shape index (κ3) is 6.59. The summed E-state index contributed by atoms with van der Waals surface area (Å²) < 4.78 is 42.2. The summed E-state index contributed by atoms with van der Waals surface area (Å²) in [5, 5.41) is 9.25. The quantitative estimate of drug-likeness (QED) is 0.579. The highest BCUT2D eigenvalue weighted by atomic mass is 19.4. The van der Waals surface area contributed by atoms with Crippen LogP contribution in [0.15, 0.2) is 24.3 Å². The van der Waals surface area contributed by atoms with Crippen molar-refractivity contribution in [3.8, 4) is 5.75 Å². The first-order valence-electron chi connectivity index (χ1n) is 8.86. The highest BCUT2D eigenvalue weighted by Crippen LogP contribution is 2.46. The smallest absolute Gasteiger partial charge is 0.481 e. The van der Waals surface area contributed by atoms with Crippen LogP contribution < -0.4 is 4.74 Å². The second-order valence-electron chi connectivity index (χ2n) is 6.86. The molecule has 2 atom stereocenters. The van der Waals surface area contributed by atoms with Crippen molar-refractivity contribution in [3.05, 3.63) is 29.8 Å². The van der Waals surface area contributed by atoms with Crippen molar-refractivity contribution >= 4 is 5.97 Å². The molecule has 1 saturated carbocycles. The van der Waals surface area contributed by atoms with Crippen LogP contribution in [0.1, 0.15) is 63.4 Å². The Bertz CT molecular complexity index is 567. The van der Waals surface area contributed by atoms with Gasteiger partial charge in [0.25, 0.3) is 0 Å². The van der Waals surface area contributed by atoms with Gasteiger partial charge in [-0.3, -0.25) is 4.79 Å². The van der Waals surface area contributed by atoms with E-state index in [-0.39, 0.29) is 12.2 Å². The summed E-state index contributed by atoms with van der Waals surface area (Å²) in [5.74, 6) is -0.816. The average Bonchev–Trinajstić information content (AvgIpc) is 3.33. The topological polar surface area (TPSA) is 46.5 Å². The van der Waals surface area contributed by atoms with Gasteiger partial charge in [0.15, 0.2) is 0 Å². The Hall–Kier alpha value is -1.72. The predicted octanol–water partition coefficient (Wildman–Crippen LogP) is 5.75. The van der Waals surface area contributed by atoms with Gasteiger partial charge in [-0.1, -0.05) is 44.4 Å². The molecule has 0 saturated heterocycles. The number of rotatable bonds is 10. The van der Waals surface area contributed by atoms with E-state index in [1.807, 2.05) is 0 Å². The molecule has 3 nitrogen and oxygen atoms in total. The monoisotopic (exact) mass is 358 g/mol. The molecule has 1 aromatic rings. The van der Waals surface area contributed by atoms with Gasteiger partial charge in [0.2, 0.25) is 0 Å². The minimum absolute atomic E-state index is 0.187. The minimum Gasteiger partial charge on any atom is -0.481 e. The summed E-state index contributed by atoms with van der Waals surface area (Å²) in [7, 11) is 0. The Morgan fingerprint density at radius 3 is 2.56 bits per heavy atom. The molecule has 0 bridgehead atoms. The van der Waals surface area contributed by atoms with Crippen LogP contribution >= 0.6 is 0 Å². The van der Waals surface area contributed by atoms with Crippen molar-refractivity contribution < 1.29 is 27.8 Å². The lowest BCUT2D eigenvalue weighted by Crippen LogP contribution is -2.20. The van der Waals surface area contributed by atoms with E-state index < -0.39 is 18.2 Å². The van der Waals surface area contributed by atoms with Crippen LogP contribution in [0.3, 0.4) is 0 Å². The molecule has 2 rings (SSSR count). The zero-order valence-corrected chi connectivity index (χ0v) is 14.4. The van der Waals surface area contributed by atoms with E-state index >= 15 is 0 Å². The van der Waals surface area contributed by atoms with E-state index in [1.54, 1.807) is 12.1 Å². The van der Waals surface area contributed by atoms with Gasteiger partial charge in [0, 0.05) is 0 Å². The number of benzene rings is 1. The Morgan fingerprint density at radius 1 is 1.32 bits per heavy atom. The number of ether oxygens (including phenoxy) is 1. The highest BCUT2D eigenvalue weighted by Gasteiger charge is 2.36. The number of hydrogen-bond donors (Lipinski definition) is 1. The van der Waals surface area contributed by atoms with E-state index in [9.17, 15) is 23.1 Å². The van der Waals surface area contributed by atoms with Crippen molar-refractivity contribution in [2.75, 3.05) is 0 Å². The molecule has 0 aromatic heterocycles. The molecule has 0 amide bonds. The normalized spacial score (nSPS) is 17.1. The van der Waals surface area contributed by atoms with Crippen molar-refractivity contribution in [3.63, 3.8) is 0 Å². The van der Waals surface area contributed by atoms with Crippen LogP contribution in [0.2, 0.25) is 0 Å². The molecule has 2 unspecified atom stereocenters. The van der Waals surface area contributed by atoms with E-state index in [4.69, 9.17) is 0 Å². The van der Waals surface area contributed by atoms with Crippen LogP contribution in [0, 0.1) is 11.8 Å². The molecule has 0 spiro atoms. The molecule has 140 valence electrons. The first-order valence-corrected chi connectivity index (χ1v) is 8.86. The predicted molar refractivity (Wildman–Crippen MR) is 88.5 cm³/mol. The number of hydrogen-bond acceptors (Lipinski definition) is 2. The van der Waals surface area contributed by atoms with Crippen LogP contribution in [-0.4, -0.2) is 17.4 Å². The molecule has 0 radical (unpaired) electrons. The Balaban J connectivity index is 2.23. The molecule has 6 heteroatoms. The first kappa shape index (κ1) is 19.6. The maximum Gasteiger partial charge on any atom is 0.573 e. The van der Waals surface area contributed by atoms with E-state index in [0.717, 1.165) is 32.1 Å². The fraction of sp³-hybridized carbons (Fsp3) is 0.632. The molecular formula is C19H25F3O3. The summed E-state index contributed by atoms with van der Waals surface area (Å²) in [5.41, 5.74) is 0.337. The number of alkyl halides is 3. The van der Waals surface area contributed by atoms with E-state index in [2.05, 4.69) is 11.7 Å². The standard InChI is InChI=1S/C19H25F3O3/c1-2-3-6-14(13-9-10-13)11-15(12-18(23)24)16-7-4-5-8-17(16)25-19(20,21)22/h4-5,7-8,13-15H,2-3,6,9-12H2,1H3,(H,23,24). The number of carboxylic acid groups (broad SMARTS) is 1. The van der Waals surface area contributed by atoms with Crippen LogP contribution in [0.4, 0.5) is 13.2 Å². The van der Waals surface area contributed by atoms with Crippen molar-refractivity contribution in [1.29, 1.82) is 0 Å². The third-order valence-corrected chi connectivity index (χ3v) is 4.81. The van der Waals surface area contributed by atoms with Crippen LogP contribution in [0.5, 0.6) is 5.75 Å². The summed E-state index contributed by atoms with van der Waals surface area (Å²) >= 11 is 0. The average molecular weight is 358 g/mol. The Kier molecular flexibility index (Phi) is 6.73. The summed E-state index contributed by atoms with van der Waals surface area (Å²) in [6.45, 7) is 2.10. The van der Waals surface area contributed by atoms with Gasteiger partial charge in [0.05, 0.1) is 6.42 Å². The summed E-state index contributed by atoms with van der Waals surface area (Å²) in [4.78, 5) is 11.3. The number of aliphatic carboxylic acids is 1. The molecule has 1 N–H and O–H groups in total. The van der Waals surface area contributed by atoms with Gasteiger partial charge in [-0.15, -0.1) is 13.2 Å². The molecule has 1 fully saturated rings. The largest absolute Gasteiger partial charge is 0.573 e. The number of carboxylic acids is 1. The lowest BCUT2D eigenvalue weighted by Gasteiger charge is -2.25. The number of carbonyl (C=O) groups is 1. The first-order chi connectivity index (χ1) is 11.8. The molecule has 1 aliphatic carbocycles. The van der Waals surface area contributed by atoms with E-state index in [0.29, 0.717) is 23.8 Å². The zero-order valence-electron chi connectivity index (χ0n) is 14.4. The second kappa shape index (κ2) is 8.59. The van der Waals surface area contributed by atoms with Crippen molar-refractivity contribution in [1.82, 2.24) is 0 Å². The number of halogens is 3.